The lowest BCUT2D eigenvalue weighted by atomic mass is 10.3. The lowest BCUT2D eigenvalue weighted by Gasteiger charge is -2.34. The van der Waals surface area contributed by atoms with Crippen molar-refractivity contribution < 1.29 is 22.4 Å². The molecule has 1 aromatic carbocycles. The van der Waals surface area contributed by atoms with Gasteiger partial charge >= 0.3 is 0 Å². The van der Waals surface area contributed by atoms with E-state index in [2.05, 4.69) is 5.32 Å². The molecule has 1 aliphatic rings. The van der Waals surface area contributed by atoms with Crippen molar-refractivity contribution in [1.29, 1.82) is 0 Å². The molecule has 3 rings (SSSR count). The van der Waals surface area contributed by atoms with E-state index in [1.807, 2.05) is 0 Å². The highest BCUT2D eigenvalue weighted by Crippen LogP contribution is 2.20. The van der Waals surface area contributed by atoms with Crippen molar-refractivity contribution in [1.82, 2.24) is 14.5 Å². The number of hydrogen-bond acceptors (Lipinski definition) is 5. The molecule has 1 aliphatic heterocycles. The number of nitrogens with one attached hydrogen (secondary N) is 1. The number of piperazine rings is 1. The van der Waals surface area contributed by atoms with E-state index in [0.29, 0.717) is 4.88 Å². The first-order valence-corrected chi connectivity index (χ1v) is 10.6. The van der Waals surface area contributed by atoms with E-state index in [4.69, 9.17) is 0 Å². The Hall–Kier alpha value is -2.30. The van der Waals surface area contributed by atoms with Gasteiger partial charge in [0.05, 0.1) is 11.4 Å². The van der Waals surface area contributed by atoms with Gasteiger partial charge in [0.15, 0.2) is 0 Å². The maximum Gasteiger partial charge on any atom is 0.261 e. The van der Waals surface area contributed by atoms with Gasteiger partial charge in [-0.1, -0.05) is 18.2 Å². The number of benzene rings is 1. The zero-order valence-electron chi connectivity index (χ0n) is 14.3. The molecule has 0 spiro atoms. The van der Waals surface area contributed by atoms with E-state index in [1.54, 1.807) is 17.5 Å². The molecule has 2 heterocycles. The van der Waals surface area contributed by atoms with Crippen molar-refractivity contribution in [3.05, 3.63) is 52.5 Å². The summed E-state index contributed by atoms with van der Waals surface area (Å²) in [7, 11) is -3.95. The number of carbonyl (C=O) groups excluding carboxylic acids is 2. The van der Waals surface area contributed by atoms with Gasteiger partial charge in [0.25, 0.3) is 5.91 Å². The van der Waals surface area contributed by atoms with E-state index >= 15 is 0 Å². The fourth-order valence-corrected chi connectivity index (χ4v) is 4.86. The second kappa shape index (κ2) is 8.15. The highest BCUT2D eigenvalue weighted by atomic mass is 32.2. The molecular formula is C17H18FN3O4S2. The zero-order valence-corrected chi connectivity index (χ0v) is 15.9. The summed E-state index contributed by atoms with van der Waals surface area (Å²) < 4.78 is 40.1. The summed E-state index contributed by atoms with van der Waals surface area (Å²) in [5, 5.41) is 4.33. The molecule has 0 aliphatic carbocycles. The van der Waals surface area contributed by atoms with Crippen LogP contribution in [0.2, 0.25) is 0 Å². The molecule has 0 bridgehead atoms. The first kappa shape index (κ1) is 19.5. The molecular weight excluding hydrogens is 393 g/mol. The summed E-state index contributed by atoms with van der Waals surface area (Å²) in [6, 6.07) is 8.63. The van der Waals surface area contributed by atoms with Crippen LogP contribution in [-0.2, 0) is 14.8 Å². The Morgan fingerprint density at radius 2 is 1.78 bits per heavy atom. The Bertz CT molecular complexity index is 923. The molecule has 1 fully saturated rings. The normalized spacial score (nSPS) is 15.5. The topological polar surface area (TPSA) is 86.8 Å². The molecule has 27 heavy (non-hydrogen) atoms. The fourth-order valence-electron chi connectivity index (χ4n) is 2.73. The van der Waals surface area contributed by atoms with E-state index in [0.717, 1.165) is 6.07 Å². The number of hydrogen-bond donors (Lipinski definition) is 1. The predicted molar refractivity (Wildman–Crippen MR) is 98.4 cm³/mol. The van der Waals surface area contributed by atoms with Gasteiger partial charge in [-0.05, 0) is 23.6 Å². The van der Waals surface area contributed by atoms with Gasteiger partial charge in [-0.2, -0.15) is 4.31 Å². The van der Waals surface area contributed by atoms with Crippen LogP contribution in [0.5, 0.6) is 0 Å². The minimum absolute atomic E-state index is 0.0707. The van der Waals surface area contributed by atoms with Gasteiger partial charge < -0.3 is 10.2 Å². The van der Waals surface area contributed by atoms with Gasteiger partial charge in [-0.3, -0.25) is 9.59 Å². The van der Waals surface area contributed by atoms with E-state index < -0.39 is 15.8 Å². The van der Waals surface area contributed by atoms with Crippen LogP contribution in [0.1, 0.15) is 9.67 Å². The maximum absolute atomic E-state index is 13.8. The molecule has 10 heteroatoms. The van der Waals surface area contributed by atoms with Crippen molar-refractivity contribution in [3.8, 4) is 0 Å². The van der Waals surface area contributed by atoms with E-state index in [-0.39, 0.29) is 49.4 Å². The van der Waals surface area contributed by atoms with Crippen molar-refractivity contribution in [3.63, 3.8) is 0 Å². The summed E-state index contributed by atoms with van der Waals surface area (Å²) in [5.41, 5.74) is 0. The van der Waals surface area contributed by atoms with Crippen LogP contribution >= 0.6 is 11.3 Å². The molecule has 1 N–H and O–H groups in total. The van der Waals surface area contributed by atoms with E-state index in [9.17, 15) is 22.4 Å². The van der Waals surface area contributed by atoms with Gasteiger partial charge in [-0.25, -0.2) is 12.8 Å². The Morgan fingerprint density at radius 1 is 1.07 bits per heavy atom. The highest BCUT2D eigenvalue weighted by molar-refractivity contribution is 7.89. The lowest BCUT2D eigenvalue weighted by Crippen LogP contribution is -2.52. The Labute approximate surface area is 160 Å². The number of nitrogens with zero attached hydrogens (tertiary/aromatic N) is 2. The molecule has 0 saturated carbocycles. The molecule has 0 atom stereocenters. The smallest absolute Gasteiger partial charge is 0.261 e. The summed E-state index contributed by atoms with van der Waals surface area (Å²) >= 11 is 1.28. The number of rotatable bonds is 5. The summed E-state index contributed by atoms with van der Waals surface area (Å²) in [5.74, 6) is -1.41. The Balaban J connectivity index is 1.55. The Kier molecular flexibility index (Phi) is 5.88. The molecule has 7 nitrogen and oxygen atoms in total. The summed E-state index contributed by atoms with van der Waals surface area (Å²) in [6.07, 6.45) is 0. The van der Waals surface area contributed by atoms with Crippen LogP contribution < -0.4 is 5.32 Å². The zero-order chi connectivity index (χ0) is 19.4. The highest BCUT2D eigenvalue weighted by Gasteiger charge is 2.31. The quantitative estimate of drug-likeness (QED) is 0.800. The summed E-state index contributed by atoms with van der Waals surface area (Å²) in [6.45, 7) is 0.349. The second-order valence-electron chi connectivity index (χ2n) is 5.88. The molecule has 0 radical (unpaired) electrons. The average Bonchev–Trinajstić information content (AvgIpc) is 3.21. The van der Waals surface area contributed by atoms with Crippen molar-refractivity contribution in [2.45, 2.75) is 4.90 Å². The SMILES string of the molecule is O=C(NCC(=O)N1CCN(S(=O)(=O)c2ccccc2F)CC1)c1cccs1. The largest absolute Gasteiger partial charge is 0.342 e. The number of halogens is 1. The molecule has 1 aromatic heterocycles. The van der Waals surface area contributed by atoms with Gasteiger partial charge in [-0.15, -0.1) is 11.3 Å². The number of thiophene rings is 1. The predicted octanol–water partition coefficient (Wildman–Crippen LogP) is 1.15. The third-order valence-electron chi connectivity index (χ3n) is 4.19. The molecule has 0 unspecified atom stereocenters. The molecule has 2 aromatic rings. The van der Waals surface area contributed by atoms with Gasteiger partial charge in [0.2, 0.25) is 15.9 Å². The van der Waals surface area contributed by atoms with Crippen molar-refractivity contribution >= 4 is 33.2 Å². The van der Waals surface area contributed by atoms with Crippen LogP contribution in [-0.4, -0.2) is 62.2 Å². The average molecular weight is 411 g/mol. The maximum atomic E-state index is 13.8. The third kappa shape index (κ3) is 4.34. The van der Waals surface area contributed by atoms with Crippen molar-refractivity contribution in [2.75, 3.05) is 32.7 Å². The van der Waals surface area contributed by atoms with Crippen molar-refractivity contribution in [2.24, 2.45) is 0 Å². The monoisotopic (exact) mass is 411 g/mol. The molecule has 2 amide bonds. The van der Waals surface area contributed by atoms with Crippen LogP contribution in [0.15, 0.2) is 46.7 Å². The van der Waals surface area contributed by atoms with E-state index in [1.165, 1.54) is 38.7 Å². The fraction of sp³-hybridized carbons (Fsp3) is 0.294. The Morgan fingerprint density at radius 3 is 2.41 bits per heavy atom. The number of amides is 2. The van der Waals surface area contributed by atoms with Crippen LogP contribution in [0.25, 0.3) is 0 Å². The number of sulfonamides is 1. The van der Waals surface area contributed by atoms with Gasteiger partial charge in [0, 0.05) is 26.2 Å². The lowest BCUT2D eigenvalue weighted by molar-refractivity contribution is -0.131. The second-order valence-corrected chi connectivity index (χ2v) is 8.73. The minimum Gasteiger partial charge on any atom is -0.342 e. The summed E-state index contributed by atoms with van der Waals surface area (Å²) in [4.78, 5) is 25.7. The first-order chi connectivity index (χ1) is 12.9. The first-order valence-electron chi connectivity index (χ1n) is 8.24. The molecule has 144 valence electrons. The standard InChI is InChI=1S/C17H18FN3O4S2/c18-13-4-1-2-6-15(13)27(24,25)21-9-7-20(8-10-21)16(22)12-19-17(23)14-5-3-11-26-14/h1-6,11H,7-10,12H2,(H,19,23). The third-order valence-corrected chi connectivity index (χ3v) is 6.99. The van der Waals surface area contributed by atoms with Crippen LogP contribution in [0.4, 0.5) is 4.39 Å². The van der Waals surface area contributed by atoms with Crippen LogP contribution in [0.3, 0.4) is 0 Å². The molecule has 1 saturated heterocycles. The number of carbonyl (C=O) groups is 2. The van der Waals surface area contributed by atoms with Gasteiger partial charge in [0.1, 0.15) is 10.7 Å². The minimum atomic E-state index is -3.95. The van der Waals surface area contributed by atoms with Crippen LogP contribution in [0, 0.1) is 5.82 Å².